The molecular weight excluding hydrogens is 229 g/mol. The average Bonchev–Trinajstić information content (AvgIpc) is 2.49. The van der Waals surface area contributed by atoms with Gasteiger partial charge in [-0.1, -0.05) is 12.1 Å². The summed E-state index contributed by atoms with van der Waals surface area (Å²) in [7, 11) is -1.79. The van der Waals surface area contributed by atoms with E-state index in [1.807, 2.05) is 0 Å². The quantitative estimate of drug-likeness (QED) is 0.873. The number of hydrogen-bond acceptors (Lipinski definition) is 3. The summed E-state index contributed by atoms with van der Waals surface area (Å²) < 4.78 is 36.9. The first-order valence-corrected chi connectivity index (χ1v) is 6.50. The van der Waals surface area contributed by atoms with E-state index in [0.29, 0.717) is 24.1 Å². The summed E-state index contributed by atoms with van der Waals surface area (Å²) in [4.78, 5) is -0.180. The molecule has 0 spiro atoms. The summed E-state index contributed by atoms with van der Waals surface area (Å²) in [5.74, 6) is -0.673. The van der Waals surface area contributed by atoms with Gasteiger partial charge in [-0.05, 0) is 31.7 Å². The molecule has 0 unspecified atom stereocenters. The van der Waals surface area contributed by atoms with E-state index in [1.165, 1.54) is 12.1 Å². The summed E-state index contributed by atoms with van der Waals surface area (Å²) in [6.45, 7) is 0.664. The molecule has 0 atom stereocenters. The van der Waals surface area contributed by atoms with E-state index in [4.69, 9.17) is 0 Å². The Bertz CT molecular complexity index is 549. The van der Waals surface area contributed by atoms with Crippen LogP contribution in [-0.4, -0.2) is 22.0 Å². The standard InChI is InChI=1S/C11H12FNO2S/c1-13-6-5-8-7-16(14,15)11-9(8)3-2-4-10(11)12/h2-4,7,13H,5-6H2,1H3. The van der Waals surface area contributed by atoms with Gasteiger partial charge in [-0.3, -0.25) is 0 Å². The molecule has 3 nitrogen and oxygen atoms in total. The predicted octanol–water partition coefficient (Wildman–Crippen LogP) is 1.56. The fraction of sp³-hybridized carbons (Fsp3) is 0.273. The molecule has 0 aromatic heterocycles. The fourth-order valence-corrected chi connectivity index (χ4v) is 3.40. The van der Waals surface area contributed by atoms with Crippen molar-refractivity contribution in [2.75, 3.05) is 13.6 Å². The van der Waals surface area contributed by atoms with E-state index in [9.17, 15) is 12.8 Å². The number of hydrogen-bond donors (Lipinski definition) is 1. The zero-order valence-corrected chi connectivity index (χ0v) is 9.64. The Kier molecular flexibility index (Phi) is 2.82. The van der Waals surface area contributed by atoms with E-state index in [0.717, 1.165) is 5.41 Å². The third-order valence-electron chi connectivity index (χ3n) is 2.54. The minimum Gasteiger partial charge on any atom is -0.319 e. The minimum absolute atomic E-state index is 0.180. The first-order valence-electron chi connectivity index (χ1n) is 4.95. The second-order valence-electron chi connectivity index (χ2n) is 3.66. The van der Waals surface area contributed by atoms with E-state index in [2.05, 4.69) is 5.32 Å². The molecule has 1 aromatic rings. The Balaban J connectivity index is 2.52. The third kappa shape index (κ3) is 1.76. The summed E-state index contributed by atoms with van der Waals surface area (Å²) >= 11 is 0. The SMILES string of the molecule is CNCCC1=CS(=O)(=O)c2c(F)cccc21. The van der Waals surface area contributed by atoms with Crippen molar-refractivity contribution < 1.29 is 12.8 Å². The van der Waals surface area contributed by atoms with Crippen LogP contribution in [0, 0.1) is 5.82 Å². The monoisotopic (exact) mass is 241 g/mol. The van der Waals surface area contributed by atoms with E-state index >= 15 is 0 Å². The Morgan fingerprint density at radius 1 is 1.38 bits per heavy atom. The van der Waals surface area contributed by atoms with Crippen molar-refractivity contribution in [2.24, 2.45) is 0 Å². The molecule has 1 aliphatic heterocycles. The fourth-order valence-electron chi connectivity index (χ4n) is 1.81. The lowest BCUT2D eigenvalue weighted by Crippen LogP contribution is -2.07. The molecule has 0 saturated heterocycles. The number of rotatable bonds is 3. The molecule has 0 aliphatic carbocycles. The van der Waals surface area contributed by atoms with Gasteiger partial charge in [0.2, 0.25) is 9.84 Å². The summed E-state index contributed by atoms with van der Waals surface area (Å²) in [5, 5.41) is 4.10. The highest BCUT2D eigenvalue weighted by Crippen LogP contribution is 2.36. The van der Waals surface area contributed by atoms with Crippen molar-refractivity contribution >= 4 is 15.4 Å². The van der Waals surface area contributed by atoms with Crippen molar-refractivity contribution in [1.29, 1.82) is 0 Å². The maximum Gasteiger partial charge on any atom is 0.203 e. The topological polar surface area (TPSA) is 46.2 Å². The lowest BCUT2D eigenvalue weighted by atomic mass is 10.0. The van der Waals surface area contributed by atoms with Gasteiger partial charge in [0.1, 0.15) is 10.7 Å². The van der Waals surface area contributed by atoms with Crippen molar-refractivity contribution in [3.05, 3.63) is 35.0 Å². The molecule has 0 fully saturated rings. The molecule has 1 heterocycles. The van der Waals surface area contributed by atoms with Crippen LogP contribution in [0.25, 0.3) is 5.57 Å². The van der Waals surface area contributed by atoms with Gasteiger partial charge < -0.3 is 5.32 Å². The summed E-state index contributed by atoms with van der Waals surface area (Å²) in [6.07, 6.45) is 0.576. The van der Waals surface area contributed by atoms with Crippen LogP contribution in [0.5, 0.6) is 0 Å². The molecule has 0 radical (unpaired) electrons. The van der Waals surface area contributed by atoms with Crippen LogP contribution < -0.4 is 5.32 Å². The first kappa shape index (κ1) is 11.3. The van der Waals surface area contributed by atoms with Crippen LogP contribution in [0.15, 0.2) is 28.5 Å². The largest absolute Gasteiger partial charge is 0.319 e. The lowest BCUT2D eigenvalue weighted by Gasteiger charge is -2.04. The van der Waals surface area contributed by atoms with Crippen LogP contribution >= 0.6 is 0 Å². The van der Waals surface area contributed by atoms with Crippen LogP contribution in [-0.2, 0) is 9.84 Å². The van der Waals surface area contributed by atoms with Gasteiger partial charge >= 0.3 is 0 Å². The van der Waals surface area contributed by atoms with Gasteiger partial charge in [0.25, 0.3) is 0 Å². The molecule has 5 heteroatoms. The average molecular weight is 241 g/mol. The molecule has 1 aliphatic rings. The summed E-state index contributed by atoms with van der Waals surface area (Å²) in [5.41, 5.74) is 1.17. The van der Waals surface area contributed by atoms with Crippen LogP contribution in [0.3, 0.4) is 0 Å². The molecule has 16 heavy (non-hydrogen) atoms. The number of benzene rings is 1. The van der Waals surface area contributed by atoms with Crippen molar-refractivity contribution in [1.82, 2.24) is 5.32 Å². The molecule has 0 amide bonds. The van der Waals surface area contributed by atoms with Crippen molar-refractivity contribution in [3.63, 3.8) is 0 Å². The maximum absolute atomic E-state index is 13.5. The Labute approximate surface area is 93.9 Å². The van der Waals surface area contributed by atoms with Gasteiger partial charge in [-0.2, -0.15) is 0 Å². The van der Waals surface area contributed by atoms with Crippen molar-refractivity contribution in [3.8, 4) is 0 Å². The number of nitrogens with one attached hydrogen (secondary N) is 1. The number of halogens is 1. The lowest BCUT2D eigenvalue weighted by molar-refractivity contribution is 0.573. The third-order valence-corrected chi connectivity index (χ3v) is 4.12. The molecular formula is C11H12FNO2S. The molecule has 2 rings (SSSR count). The maximum atomic E-state index is 13.5. The van der Waals surface area contributed by atoms with Gasteiger partial charge in [0, 0.05) is 11.0 Å². The number of sulfone groups is 1. The van der Waals surface area contributed by atoms with Crippen LogP contribution in [0.4, 0.5) is 4.39 Å². The summed E-state index contributed by atoms with van der Waals surface area (Å²) in [6, 6.07) is 4.35. The zero-order valence-electron chi connectivity index (χ0n) is 8.83. The molecule has 0 saturated carbocycles. The minimum atomic E-state index is -3.58. The Hall–Kier alpha value is -1.20. The second-order valence-corrected chi connectivity index (χ2v) is 5.39. The highest BCUT2D eigenvalue weighted by molar-refractivity contribution is 7.95. The van der Waals surface area contributed by atoms with Crippen molar-refractivity contribution in [2.45, 2.75) is 11.3 Å². The van der Waals surface area contributed by atoms with Crippen LogP contribution in [0.1, 0.15) is 12.0 Å². The van der Waals surface area contributed by atoms with E-state index < -0.39 is 15.7 Å². The second kappa shape index (κ2) is 3.99. The number of fused-ring (bicyclic) bond motifs is 1. The molecule has 1 aromatic carbocycles. The Morgan fingerprint density at radius 3 is 2.81 bits per heavy atom. The van der Waals surface area contributed by atoms with Gasteiger partial charge in [0.05, 0.1) is 0 Å². The highest BCUT2D eigenvalue weighted by atomic mass is 32.2. The van der Waals surface area contributed by atoms with Gasteiger partial charge in [-0.25, -0.2) is 12.8 Å². The van der Waals surface area contributed by atoms with E-state index in [-0.39, 0.29) is 4.90 Å². The Morgan fingerprint density at radius 2 is 2.12 bits per heavy atom. The van der Waals surface area contributed by atoms with Gasteiger partial charge in [-0.15, -0.1) is 0 Å². The molecule has 86 valence electrons. The predicted molar refractivity (Wildman–Crippen MR) is 60.1 cm³/mol. The highest BCUT2D eigenvalue weighted by Gasteiger charge is 2.29. The zero-order chi connectivity index (χ0) is 11.8. The van der Waals surface area contributed by atoms with Gasteiger partial charge in [0.15, 0.2) is 0 Å². The van der Waals surface area contributed by atoms with E-state index in [1.54, 1.807) is 13.1 Å². The molecule has 1 N–H and O–H groups in total. The molecule has 0 bridgehead atoms. The normalized spacial score (nSPS) is 17.0. The van der Waals surface area contributed by atoms with Crippen LogP contribution in [0.2, 0.25) is 0 Å². The smallest absolute Gasteiger partial charge is 0.203 e. The first-order chi connectivity index (χ1) is 7.56.